The maximum atomic E-state index is 12.6. The summed E-state index contributed by atoms with van der Waals surface area (Å²) >= 11 is 0. The highest BCUT2D eigenvalue weighted by molar-refractivity contribution is 6.03. The fourth-order valence-corrected chi connectivity index (χ4v) is 3.34. The molecule has 0 unspecified atom stereocenters. The summed E-state index contributed by atoms with van der Waals surface area (Å²) in [5, 5.41) is 24.2. The lowest BCUT2D eigenvalue weighted by Gasteiger charge is -2.08. The molecule has 0 bridgehead atoms. The van der Waals surface area contributed by atoms with Crippen LogP contribution in [0.25, 0.3) is 33.0 Å². The van der Waals surface area contributed by atoms with Crippen molar-refractivity contribution in [3.8, 4) is 5.75 Å². The summed E-state index contributed by atoms with van der Waals surface area (Å²) in [6, 6.07) is 14.8. The second-order valence-electron chi connectivity index (χ2n) is 6.52. The number of aromatic hydroxyl groups is 1. The molecule has 0 aliphatic heterocycles. The van der Waals surface area contributed by atoms with Gasteiger partial charge in [-0.3, -0.25) is 4.79 Å². The number of fused-ring (bicyclic) bond motifs is 4. The zero-order chi connectivity index (χ0) is 20.0. The van der Waals surface area contributed by atoms with Crippen LogP contribution in [-0.2, 0) is 7.05 Å². The largest absolute Gasteiger partial charge is 0.506 e. The molecule has 0 saturated heterocycles. The Hall–Kier alpha value is -4.27. The van der Waals surface area contributed by atoms with E-state index in [9.17, 15) is 9.90 Å². The highest BCUT2D eigenvalue weighted by atomic mass is 16.3. The Balaban J connectivity index is 1.50. The van der Waals surface area contributed by atoms with Gasteiger partial charge in [-0.2, -0.15) is 10.1 Å². The Kier molecular flexibility index (Phi) is 3.73. The SMILES string of the molecule is Cn1c(=O)c(/C=N/Nc2nnc3c(n2)[nH]c2ccccc23)c(O)c2ccccc21. The van der Waals surface area contributed by atoms with Crippen molar-refractivity contribution in [2.75, 3.05) is 5.43 Å². The van der Waals surface area contributed by atoms with Crippen molar-refractivity contribution < 1.29 is 5.11 Å². The van der Waals surface area contributed by atoms with E-state index in [4.69, 9.17) is 0 Å². The van der Waals surface area contributed by atoms with Gasteiger partial charge in [0.1, 0.15) is 16.8 Å². The van der Waals surface area contributed by atoms with Gasteiger partial charge < -0.3 is 14.7 Å². The molecule has 3 N–H and O–H groups in total. The highest BCUT2D eigenvalue weighted by Gasteiger charge is 2.13. The summed E-state index contributed by atoms with van der Waals surface area (Å²) < 4.78 is 1.46. The van der Waals surface area contributed by atoms with Crippen molar-refractivity contribution >= 4 is 45.1 Å². The molecule has 0 atom stereocenters. The van der Waals surface area contributed by atoms with Gasteiger partial charge in [-0.1, -0.05) is 30.3 Å². The minimum Gasteiger partial charge on any atom is -0.506 e. The molecule has 29 heavy (non-hydrogen) atoms. The van der Waals surface area contributed by atoms with E-state index >= 15 is 0 Å². The summed E-state index contributed by atoms with van der Waals surface area (Å²) in [6.07, 6.45) is 1.25. The van der Waals surface area contributed by atoms with E-state index in [0.717, 1.165) is 10.9 Å². The van der Waals surface area contributed by atoms with Gasteiger partial charge in [0.25, 0.3) is 11.5 Å². The van der Waals surface area contributed by atoms with Gasteiger partial charge in [0.05, 0.1) is 11.7 Å². The van der Waals surface area contributed by atoms with Crippen LogP contribution in [0.4, 0.5) is 5.95 Å². The van der Waals surface area contributed by atoms with Gasteiger partial charge in [-0.25, -0.2) is 5.43 Å². The summed E-state index contributed by atoms with van der Waals surface area (Å²) in [7, 11) is 1.64. The fraction of sp³-hybridized carbons (Fsp3) is 0.0500. The number of benzene rings is 2. The normalized spacial score (nSPS) is 11.8. The molecule has 0 fully saturated rings. The van der Waals surface area contributed by atoms with Gasteiger partial charge in [-0.15, -0.1) is 10.2 Å². The number of aromatic amines is 1. The first-order valence-corrected chi connectivity index (χ1v) is 8.84. The molecule has 9 nitrogen and oxygen atoms in total. The van der Waals surface area contributed by atoms with E-state index in [0.29, 0.717) is 22.1 Å². The summed E-state index contributed by atoms with van der Waals surface area (Å²) in [5.74, 6) is 0.0387. The first-order valence-electron chi connectivity index (χ1n) is 8.84. The molecule has 0 aliphatic rings. The Labute approximate surface area is 163 Å². The number of hydrazone groups is 1. The second kappa shape index (κ2) is 6.41. The molecule has 9 heteroatoms. The first kappa shape index (κ1) is 16.9. The van der Waals surface area contributed by atoms with E-state index in [1.165, 1.54) is 10.8 Å². The third-order valence-corrected chi connectivity index (χ3v) is 4.79. The molecule has 0 amide bonds. The maximum absolute atomic E-state index is 12.6. The number of aromatic nitrogens is 5. The van der Waals surface area contributed by atoms with Gasteiger partial charge in [0.15, 0.2) is 5.65 Å². The van der Waals surface area contributed by atoms with Crippen LogP contribution in [0.3, 0.4) is 0 Å². The van der Waals surface area contributed by atoms with Crippen molar-refractivity contribution in [3.63, 3.8) is 0 Å². The van der Waals surface area contributed by atoms with Crippen LogP contribution in [0.5, 0.6) is 5.75 Å². The smallest absolute Gasteiger partial charge is 0.265 e. The Morgan fingerprint density at radius 3 is 2.72 bits per heavy atom. The fourth-order valence-electron chi connectivity index (χ4n) is 3.34. The van der Waals surface area contributed by atoms with Crippen LogP contribution in [0, 0.1) is 0 Å². The van der Waals surface area contributed by atoms with Crippen LogP contribution in [0.2, 0.25) is 0 Å². The number of hydrogen-bond acceptors (Lipinski definition) is 7. The third kappa shape index (κ3) is 2.67. The number of aryl methyl sites for hydroxylation is 1. The van der Waals surface area contributed by atoms with Crippen molar-refractivity contribution in [2.45, 2.75) is 0 Å². The van der Waals surface area contributed by atoms with Gasteiger partial charge in [-0.05, 0) is 18.2 Å². The Bertz CT molecular complexity index is 1480. The van der Waals surface area contributed by atoms with Crippen LogP contribution in [-0.4, -0.2) is 36.1 Å². The lowest BCUT2D eigenvalue weighted by Crippen LogP contribution is -2.21. The molecule has 142 valence electrons. The van der Waals surface area contributed by atoms with Crippen LogP contribution >= 0.6 is 0 Å². The number of anilines is 1. The number of H-pyrrole nitrogens is 1. The van der Waals surface area contributed by atoms with Crippen LogP contribution < -0.4 is 11.0 Å². The summed E-state index contributed by atoms with van der Waals surface area (Å²) in [4.78, 5) is 20.1. The summed E-state index contributed by atoms with van der Waals surface area (Å²) in [6.45, 7) is 0. The van der Waals surface area contributed by atoms with Gasteiger partial charge >= 0.3 is 0 Å². The number of nitrogens with zero attached hydrogens (tertiary/aromatic N) is 5. The van der Waals surface area contributed by atoms with Crippen molar-refractivity contribution in [1.82, 2.24) is 24.7 Å². The minimum absolute atomic E-state index is 0.0679. The van der Waals surface area contributed by atoms with Crippen molar-refractivity contribution in [1.29, 1.82) is 0 Å². The molecular weight excluding hydrogens is 370 g/mol. The van der Waals surface area contributed by atoms with Gasteiger partial charge in [0.2, 0.25) is 0 Å². The lowest BCUT2D eigenvalue weighted by atomic mass is 10.1. The van der Waals surface area contributed by atoms with Crippen molar-refractivity contribution in [2.24, 2.45) is 12.1 Å². The highest BCUT2D eigenvalue weighted by Crippen LogP contribution is 2.25. The quantitative estimate of drug-likeness (QED) is 0.324. The molecule has 0 aliphatic carbocycles. The maximum Gasteiger partial charge on any atom is 0.265 e. The van der Waals surface area contributed by atoms with E-state index in [2.05, 4.69) is 30.7 Å². The average molecular weight is 385 g/mol. The topological polar surface area (TPSA) is 121 Å². The molecule has 0 radical (unpaired) electrons. The molecule has 3 heterocycles. The molecule has 5 aromatic rings. The Morgan fingerprint density at radius 1 is 1.10 bits per heavy atom. The predicted molar refractivity (Wildman–Crippen MR) is 111 cm³/mol. The summed E-state index contributed by atoms with van der Waals surface area (Å²) in [5.41, 5.74) is 5.14. The van der Waals surface area contributed by atoms with E-state index in [1.54, 1.807) is 31.3 Å². The number of pyridine rings is 1. The number of nitrogens with one attached hydrogen (secondary N) is 2. The molecule has 0 saturated carbocycles. The molecule has 3 aromatic heterocycles. The van der Waals surface area contributed by atoms with E-state index in [1.807, 2.05) is 24.3 Å². The molecule has 0 spiro atoms. The van der Waals surface area contributed by atoms with Gasteiger partial charge in [0, 0.05) is 23.3 Å². The molecule has 2 aromatic carbocycles. The Morgan fingerprint density at radius 2 is 1.86 bits per heavy atom. The monoisotopic (exact) mass is 385 g/mol. The van der Waals surface area contributed by atoms with Crippen molar-refractivity contribution in [3.05, 3.63) is 64.4 Å². The molecular formula is C20H15N7O2. The van der Waals surface area contributed by atoms with E-state index < -0.39 is 0 Å². The number of rotatable bonds is 3. The average Bonchev–Trinajstić information content (AvgIpc) is 3.12. The standard InChI is InChI=1S/C20H15N7O2/c1-27-15-9-5-3-7-12(15)17(28)13(19(27)29)10-21-25-20-23-18-16(24-26-20)11-6-2-4-8-14(11)22-18/h2-10,28H,1H3,(H2,22,23,25,26)/b21-10+. The molecule has 5 rings (SSSR count). The lowest BCUT2D eigenvalue weighted by molar-refractivity contribution is 0.478. The van der Waals surface area contributed by atoms with Crippen LogP contribution in [0.1, 0.15) is 5.56 Å². The van der Waals surface area contributed by atoms with E-state index in [-0.39, 0.29) is 22.8 Å². The zero-order valence-electron chi connectivity index (χ0n) is 15.3. The second-order valence-corrected chi connectivity index (χ2v) is 6.52. The predicted octanol–water partition coefficient (Wildman–Crippen LogP) is 2.51. The minimum atomic E-state index is -0.364. The zero-order valence-corrected chi connectivity index (χ0v) is 15.3. The van der Waals surface area contributed by atoms with Crippen LogP contribution in [0.15, 0.2) is 58.4 Å². The number of para-hydroxylation sites is 2. The number of hydrogen-bond donors (Lipinski definition) is 3. The first-order chi connectivity index (χ1) is 14.1. The third-order valence-electron chi connectivity index (χ3n) is 4.79.